The number of carbonyl (C=O) groups is 1. The van der Waals surface area contributed by atoms with E-state index in [0.29, 0.717) is 23.8 Å². The molecule has 1 aromatic carbocycles. The molecule has 1 aromatic rings. The molecule has 2 aliphatic carbocycles. The summed E-state index contributed by atoms with van der Waals surface area (Å²) in [7, 11) is 0. The Morgan fingerprint density at radius 2 is 1.64 bits per heavy atom. The second-order valence-electron chi connectivity index (χ2n) is 8.20. The molecule has 2 bridgehead atoms. The molecule has 4 rings (SSSR count). The van der Waals surface area contributed by atoms with Gasteiger partial charge in [0.05, 0.1) is 0 Å². The number of rotatable bonds is 2. The van der Waals surface area contributed by atoms with E-state index in [4.69, 9.17) is 5.73 Å². The van der Waals surface area contributed by atoms with E-state index in [1.54, 1.807) is 0 Å². The molecule has 2 atom stereocenters. The highest BCUT2D eigenvalue weighted by atomic mass is 16.2. The van der Waals surface area contributed by atoms with E-state index in [2.05, 4.69) is 40.1 Å². The fraction of sp³-hybridized carbons (Fsp3) is 0.667. The van der Waals surface area contributed by atoms with Crippen LogP contribution >= 0.6 is 0 Å². The van der Waals surface area contributed by atoms with Gasteiger partial charge in [0.1, 0.15) is 0 Å². The van der Waals surface area contributed by atoms with Crippen molar-refractivity contribution < 1.29 is 4.79 Å². The minimum atomic E-state index is 0.221. The van der Waals surface area contributed by atoms with Crippen LogP contribution in [-0.2, 0) is 4.79 Å². The molecule has 4 heteroatoms. The largest absolute Gasteiger partial charge is 0.370 e. The summed E-state index contributed by atoms with van der Waals surface area (Å²) in [5, 5.41) is 0. The van der Waals surface area contributed by atoms with Crippen molar-refractivity contribution in [1.82, 2.24) is 4.90 Å². The van der Waals surface area contributed by atoms with Crippen LogP contribution in [0.25, 0.3) is 0 Å². The Morgan fingerprint density at radius 3 is 2.36 bits per heavy atom. The third-order valence-electron chi connectivity index (χ3n) is 6.69. The zero-order valence-electron chi connectivity index (χ0n) is 15.1. The average Bonchev–Trinajstić information content (AvgIpc) is 2.88. The van der Waals surface area contributed by atoms with Gasteiger partial charge in [-0.25, -0.2) is 0 Å². The molecular formula is C21H31N3O. The highest BCUT2D eigenvalue weighted by Gasteiger charge is 2.41. The number of benzene rings is 1. The number of nitrogens with two attached hydrogens (primary N) is 1. The molecule has 0 spiro atoms. The summed E-state index contributed by atoms with van der Waals surface area (Å²) in [5.74, 6) is 1.78. The van der Waals surface area contributed by atoms with Gasteiger partial charge >= 0.3 is 0 Å². The minimum Gasteiger partial charge on any atom is -0.370 e. The van der Waals surface area contributed by atoms with Gasteiger partial charge in [0.15, 0.2) is 0 Å². The van der Waals surface area contributed by atoms with Gasteiger partial charge in [-0.1, -0.05) is 24.6 Å². The maximum Gasteiger partial charge on any atom is 0.225 e. The number of amides is 1. The lowest BCUT2D eigenvalue weighted by molar-refractivity contribution is -0.138. The van der Waals surface area contributed by atoms with Crippen molar-refractivity contribution >= 4 is 11.6 Å². The van der Waals surface area contributed by atoms with E-state index in [9.17, 15) is 4.79 Å². The fourth-order valence-electron chi connectivity index (χ4n) is 5.28. The lowest BCUT2D eigenvalue weighted by Crippen LogP contribution is -2.50. The maximum absolute atomic E-state index is 13.2. The number of hydrogen-bond acceptors (Lipinski definition) is 3. The summed E-state index contributed by atoms with van der Waals surface area (Å²) < 4.78 is 0. The molecule has 1 amide bonds. The van der Waals surface area contributed by atoms with Crippen LogP contribution in [0.15, 0.2) is 30.3 Å². The zero-order chi connectivity index (χ0) is 17.2. The molecule has 2 saturated carbocycles. The third kappa shape index (κ3) is 3.55. The predicted octanol–water partition coefficient (Wildman–Crippen LogP) is 2.88. The molecule has 2 N–H and O–H groups in total. The number of carbonyl (C=O) groups excluding carboxylic acids is 1. The van der Waals surface area contributed by atoms with Crippen molar-refractivity contribution in [1.29, 1.82) is 0 Å². The van der Waals surface area contributed by atoms with Gasteiger partial charge in [-0.3, -0.25) is 4.79 Å². The Hall–Kier alpha value is -1.55. The molecule has 0 radical (unpaired) electrons. The summed E-state index contributed by atoms with van der Waals surface area (Å²) in [5.41, 5.74) is 7.67. The van der Waals surface area contributed by atoms with Gasteiger partial charge in [0.25, 0.3) is 0 Å². The van der Waals surface area contributed by atoms with Gasteiger partial charge < -0.3 is 15.5 Å². The molecule has 2 unspecified atom stereocenters. The summed E-state index contributed by atoms with van der Waals surface area (Å²) in [6.45, 7) is 3.73. The Balaban J connectivity index is 1.38. The van der Waals surface area contributed by atoms with Crippen LogP contribution in [0, 0.1) is 17.8 Å². The Morgan fingerprint density at radius 1 is 0.920 bits per heavy atom. The van der Waals surface area contributed by atoms with Crippen molar-refractivity contribution in [3.05, 3.63) is 30.3 Å². The Bertz CT molecular complexity index is 576. The summed E-state index contributed by atoms with van der Waals surface area (Å²) in [6.07, 6.45) is 6.86. The SMILES string of the molecule is NC1C2CCCC1CC(C(=O)N1CCCN(c3ccccc3)CC1)C2. The van der Waals surface area contributed by atoms with Crippen molar-refractivity contribution in [2.24, 2.45) is 23.5 Å². The predicted molar refractivity (Wildman–Crippen MR) is 101 cm³/mol. The molecule has 0 aromatic heterocycles. The molecule has 3 aliphatic rings. The van der Waals surface area contributed by atoms with E-state index >= 15 is 0 Å². The molecule has 1 heterocycles. The zero-order valence-corrected chi connectivity index (χ0v) is 15.1. The normalized spacial score (nSPS) is 33.0. The smallest absolute Gasteiger partial charge is 0.225 e. The lowest BCUT2D eigenvalue weighted by atomic mass is 9.65. The number of anilines is 1. The van der Waals surface area contributed by atoms with E-state index in [0.717, 1.165) is 45.4 Å². The van der Waals surface area contributed by atoms with E-state index in [1.807, 2.05) is 0 Å². The number of nitrogens with zero attached hydrogens (tertiary/aromatic N) is 2. The van der Waals surface area contributed by atoms with Crippen molar-refractivity contribution in [2.45, 2.75) is 44.6 Å². The topological polar surface area (TPSA) is 49.6 Å². The van der Waals surface area contributed by atoms with Crippen LogP contribution in [0.5, 0.6) is 0 Å². The minimum absolute atomic E-state index is 0.221. The Kier molecular flexibility index (Phi) is 4.98. The summed E-state index contributed by atoms with van der Waals surface area (Å²) >= 11 is 0. The summed E-state index contributed by atoms with van der Waals surface area (Å²) in [4.78, 5) is 17.7. The molecule has 4 nitrogen and oxygen atoms in total. The van der Waals surface area contributed by atoms with Crippen molar-refractivity contribution in [3.63, 3.8) is 0 Å². The van der Waals surface area contributed by atoms with Crippen LogP contribution in [0.3, 0.4) is 0 Å². The first kappa shape index (κ1) is 16.9. The monoisotopic (exact) mass is 341 g/mol. The molecule has 1 aliphatic heterocycles. The van der Waals surface area contributed by atoms with Gasteiger partial charge in [0, 0.05) is 43.8 Å². The third-order valence-corrected chi connectivity index (χ3v) is 6.69. The summed E-state index contributed by atoms with van der Waals surface area (Å²) in [6, 6.07) is 10.9. The van der Waals surface area contributed by atoms with E-state index < -0.39 is 0 Å². The van der Waals surface area contributed by atoms with Crippen LogP contribution in [0.2, 0.25) is 0 Å². The highest BCUT2D eigenvalue weighted by Crippen LogP contribution is 2.42. The number of para-hydroxylation sites is 1. The average molecular weight is 341 g/mol. The first-order valence-electron chi connectivity index (χ1n) is 10.1. The standard InChI is InChI=1S/C21H31N3O/c22-20-16-6-4-7-17(20)15-18(14-16)21(25)24-11-5-10-23(12-13-24)19-8-2-1-3-9-19/h1-3,8-9,16-18,20H,4-7,10-15,22H2. The van der Waals surface area contributed by atoms with Crippen molar-refractivity contribution in [3.8, 4) is 0 Å². The second kappa shape index (κ2) is 7.36. The fourth-order valence-corrected chi connectivity index (χ4v) is 5.28. The molecule has 136 valence electrons. The van der Waals surface area contributed by atoms with Gasteiger partial charge in [-0.15, -0.1) is 0 Å². The maximum atomic E-state index is 13.2. The van der Waals surface area contributed by atoms with Gasteiger partial charge in [-0.05, 0) is 56.1 Å². The molecular weight excluding hydrogens is 310 g/mol. The molecule has 1 saturated heterocycles. The van der Waals surface area contributed by atoms with Crippen LogP contribution in [-0.4, -0.2) is 43.0 Å². The first-order valence-corrected chi connectivity index (χ1v) is 10.1. The Labute approximate surface area is 151 Å². The van der Waals surface area contributed by atoms with E-state index in [1.165, 1.54) is 24.9 Å². The quantitative estimate of drug-likeness (QED) is 0.900. The van der Waals surface area contributed by atoms with E-state index in [-0.39, 0.29) is 5.92 Å². The lowest BCUT2D eigenvalue weighted by Gasteiger charge is -2.44. The molecule has 3 fully saturated rings. The molecule has 25 heavy (non-hydrogen) atoms. The van der Waals surface area contributed by atoms with Crippen molar-refractivity contribution in [2.75, 3.05) is 31.1 Å². The van der Waals surface area contributed by atoms with Crippen LogP contribution < -0.4 is 10.6 Å². The first-order chi connectivity index (χ1) is 12.2. The van der Waals surface area contributed by atoms with Crippen LogP contribution in [0.1, 0.15) is 38.5 Å². The van der Waals surface area contributed by atoms with Crippen LogP contribution in [0.4, 0.5) is 5.69 Å². The van der Waals surface area contributed by atoms with Gasteiger partial charge in [-0.2, -0.15) is 0 Å². The van der Waals surface area contributed by atoms with Gasteiger partial charge in [0.2, 0.25) is 5.91 Å². The number of hydrogen-bond donors (Lipinski definition) is 1. The second-order valence-corrected chi connectivity index (χ2v) is 8.20. The number of fused-ring (bicyclic) bond motifs is 2. The highest BCUT2D eigenvalue weighted by molar-refractivity contribution is 5.79.